The van der Waals surface area contributed by atoms with Crippen molar-refractivity contribution in [3.05, 3.63) is 28.0 Å². The van der Waals surface area contributed by atoms with Gasteiger partial charge in [0, 0.05) is 12.0 Å². The Balaban J connectivity index is 2.55. The fourth-order valence-corrected chi connectivity index (χ4v) is 1.81. The maximum absolute atomic E-state index is 11.4. The third kappa shape index (κ3) is 1.61. The standard InChI is InChI=1S/C10H8ClNO3/c1-15-10(14)6-4-5-7(12-9(6)11)2-3-8(5)13/h4H,2-3H2,1H3. The van der Waals surface area contributed by atoms with E-state index < -0.39 is 5.97 Å². The summed E-state index contributed by atoms with van der Waals surface area (Å²) >= 11 is 5.81. The molecule has 0 N–H and O–H groups in total. The normalized spacial score (nSPS) is 13.9. The van der Waals surface area contributed by atoms with Crippen LogP contribution in [0.15, 0.2) is 6.07 Å². The van der Waals surface area contributed by atoms with Gasteiger partial charge in [0.2, 0.25) is 0 Å². The minimum absolute atomic E-state index is 0.000630. The lowest BCUT2D eigenvalue weighted by Crippen LogP contribution is -2.06. The number of esters is 1. The van der Waals surface area contributed by atoms with Gasteiger partial charge < -0.3 is 4.74 Å². The van der Waals surface area contributed by atoms with Gasteiger partial charge >= 0.3 is 5.97 Å². The first-order chi connectivity index (χ1) is 7.13. The molecule has 0 saturated carbocycles. The Bertz CT molecular complexity index is 456. The molecule has 0 bridgehead atoms. The molecule has 1 aliphatic rings. The number of aryl methyl sites for hydroxylation is 1. The van der Waals surface area contributed by atoms with Gasteiger partial charge in [0.15, 0.2) is 5.78 Å². The van der Waals surface area contributed by atoms with E-state index in [-0.39, 0.29) is 16.5 Å². The van der Waals surface area contributed by atoms with Crippen LogP contribution < -0.4 is 0 Å². The van der Waals surface area contributed by atoms with Crippen molar-refractivity contribution in [2.24, 2.45) is 0 Å². The molecule has 0 unspecified atom stereocenters. The molecule has 0 aromatic carbocycles. The second kappa shape index (κ2) is 3.62. The van der Waals surface area contributed by atoms with Crippen LogP contribution in [0.25, 0.3) is 0 Å². The summed E-state index contributed by atoms with van der Waals surface area (Å²) in [4.78, 5) is 26.7. The summed E-state index contributed by atoms with van der Waals surface area (Å²) in [6.45, 7) is 0. The Morgan fingerprint density at radius 2 is 2.27 bits per heavy atom. The zero-order valence-corrected chi connectivity index (χ0v) is 8.80. The number of hydrogen-bond acceptors (Lipinski definition) is 4. The van der Waals surface area contributed by atoms with E-state index in [2.05, 4.69) is 9.72 Å². The number of fused-ring (bicyclic) bond motifs is 1. The van der Waals surface area contributed by atoms with Crippen LogP contribution in [0, 0.1) is 0 Å². The molecule has 0 atom stereocenters. The quantitative estimate of drug-likeness (QED) is 0.539. The van der Waals surface area contributed by atoms with E-state index >= 15 is 0 Å². The lowest BCUT2D eigenvalue weighted by atomic mass is 10.1. The number of hydrogen-bond donors (Lipinski definition) is 0. The smallest absolute Gasteiger partial charge is 0.341 e. The average Bonchev–Trinajstić information content (AvgIpc) is 2.58. The first kappa shape index (κ1) is 10.1. The largest absolute Gasteiger partial charge is 0.465 e. The first-order valence-corrected chi connectivity index (χ1v) is 4.82. The molecule has 2 rings (SSSR count). The Morgan fingerprint density at radius 3 is 2.93 bits per heavy atom. The topological polar surface area (TPSA) is 56.3 Å². The Morgan fingerprint density at radius 1 is 1.53 bits per heavy atom. The van der Waals surface area contributed by atoms with E-state index in [4.69, 9.17) is 11.6 Å². The van der Waals surface area contributed by atoms with E-state index in [0.717, 1.165) is 0 Å². The van der Waals surface area contributed by atoms with Gasteiger partial charge in [0.05, 0.1) is 18.4 Å². The SMILES string of the molecule is COC(=O)c1cc2c(nc1Cl)CCC2=O. The highest BCUT2D eigenvalue weighted by atomic mass is 35.5. The van der Waals surface area contributed by atoms with Crippen LogP contribution in [0.2, 0.25) is 5.15 Å². The maximum Gasteiger partial charge on any atom is 0.341 e. The van der Waals surface area contributed by atoms with Gasteiger partial charge in [0.25, 0.3) is 0 Å². The number of aromatic nitrogens is 1. The fraction of sp³-hybridized carbons (Fsp3) is 0.300. The van der Waals surface area contributed by atoms with Crippen molar-refractivity contribution in [2.75, 3.05) is 7.11 Å². The van der Waals surface area contributed by atoms with Gasteiger partial charge in [-0.25, -0.2) is 9.78 Å². The van der Waals surface area contributed by atoms with Crippen molar-refractivity contribution in [2.45, 2.75) is 12.8 Å². The number of halogens is 1. The highest BCUT2D eigenvalue weighted by Gasteiger charge is 2.25. The molecule has 1 aromatic heterocycles. The van der Waals surface area contributed by atoms with Crippen molar-refractivity contribution in [1.82, 2.24) is 4.98 Å². The number of carbonyl (C=O) groups is 2. The molecule has 4 nitrogen and oxygen atoms in total. The van der Waals surface area contributed by atoms with Gasteiger partial charge in [0.1, 0.15) is 5.15 Å². The Kier molecular flexibility index (Phi) is 2.44. The molecule has 15 heavy (non-hydrogen) atoms. The zero-order chi connectivity index (χ0) is 11.0. The third-order valence-electron chi connectivity index (χ3n) is 2.35. The summed E-state index contributed by atoms with van der Waals surface area (Å²) in [5.74, 6) is -0.575. The lowest BCUT2D eigenvalue weighted by molar-refractivity contribution is 0.0600. The lowest BCUT2D eigenvalue weighted by Gasteiger charge is -2.04. The van der Waals surface area contributed by atoms with E-state index in [0.29, 0.717) is 24.1 Å². The average molecular weight is 226 g/mol. The fourth-order valence-electron chi connectivity index (χ4n) is 1.58. The number of ether oxygens (including phenoxy) is 1. The van der Waals surface area contributed by atoms with E-state index in [9.17, 15) is 9.59 Å². The molecule has 0 aliphatic heterocycles. The number of rotatable bonds is 1. The molecule has 0 radical (unpaired) electrons. The minimum Gasteiger partial charge on any atom is -0.465 e. The summed E-state index contributed by atoms with van der Waals surface area (Å²) in [7, 11) is 1.26. The van der Waals surface area contributed by atoms with Crippen molar-refractivity contribution in [3.8, 4) is 0 Å². The van der Waals surface area contributed by atoms with Crippen molar-refractivity contribution < 1.29 is 14.3 Å². The zero-order valence-electron chi connectivity index (χ0n) is 8.04. The third-order valence-corrected chi connectivity index (χ3v) is 2.64. The molecule has 0 spiro atoms. The molecular formula is C10H8ClNO3. The molecule has 0 amide bonds. The summed E-state index contributed by atoms with van der Waals surface area (Å²) < 4.78 is 4.54. The second-order valence-electron chi connectivity index (χ2n) is 3.24. The summed E-state index contributed by atoms with van der Waals surface area (Å²) in [5.41, 5.74) is 1.30. The predicted molar refractivity (Wildman–Crippen MR) is 53.2 cm³/mol. The van der Waals surface area contributed by atoms with Gasteiger partial charge in [-0.05, 0) is 12.5 Å². The highest BCUT2D eigenvalue weighted by molar-refractivity contribution is 6.32. The maximum atomic E-state index is 11.4. The molecule has 1 heterocycles. The van der Waals surface area contributed by atoms with Crippen LogP contribution >= 0.6 is 11.6 Å². The van der Waals surface area contributed by atoms with Crippen LogP contribution in [0.4, 0.5) is 0 Å². The molecular weight excluding hydrogens is 218 g/mol. The minimum atomic E-state index is -0.574. The molecule has 78 valence electrons. The van der Waals surface area contributed by atoms with Crippen LogP contribution in [0.5, 0.6) is 0 Å². The van der Waals surface area contributed by atoms with Crippen molar-refractivity contribution in [1.29, 1.82) is 0 Å². The number of Topliss-reactive ketones (excluding diaryl/α,β-unsaturated/α-hetero) is 1. The van der Waals surface area contributed by atoms with Gasteiger partial charge in [-0.3, -0.25) is 4.79 Å². The summed E-state index contributed by atoms with van der Waals surface area (Å²) in [6.07, 6.45) is 1.03. The molecule has 5 heteroatoms. The van der Waals surface area contributed by atoms with Gasteiger partial charge in [-0.1, -0.05) is 11.6 Å². The molecule has 1 aliphatic carbocycles. The van der Waals surface area contributed by atoms with Crippen LogP contribution in [-0.4, -0.2) is 23.8 Å². The molecule has 1 aromatic rings. The Hall–Kier alpha value is -1.42. The number of nitrogens with zero attached hydrogens (tertiary/aromatic N) is 1. The van der Waals surface area contributed by atoms with Crippen molar-refractivity contribution >= 4 is 23.4 Å². The highest BCUT2D eigenvalue weighted by Crippen LogP contribution is 2.25. The summed E-state index contributed by atoms with van der Waals surface area (Å²) in [6, 6.07) is 1.46. The van der Waals surface area contributed by atoms with Crippen molar-refractivity contribution in [3.63, 3.8) is 0 Å². The van der Waals surface area contributed by atoms with Crippen LogP contribution in [0.1, 0.15) is 32.8 Å². The second-order valence-corrected chi connectivity index (χ2v) is 3.59. The van der Waals surface area contributed by atoms with Gasteiger partial charge in [-0.15, -0.1) is 0 Å². The number of pyridine rings is 1. The Labute approximate surface area is 91.2 Å². The molecule has 0 fully saturated rings. The number of carbonyl (C=O) groups excluding carboxylic acids is 2. The van der Waals surface area contributed by atoms with E-state index in [1.165, 1.54) is 13.2 Å². The van der Waals surface area contributed by atoms with E-state index in [1.54, 1.807) is 0 Å². The number of ketones is 1. The molecule has 0 saturated heterocycles. The summed E-state index contributed by atoms with van der Waals surface area (Å²) in [5, 5.41) is 0.0929. The number of methoxy groups -OCH3 is 1. The van der Waals surface area contributed by atoms with E-state index in [1.807, 2.05) is 0 Å². The van der Waals surface area contributed by atoms with Crippen LogP contribution in [0.3, 0.4) is 0 Å². The first-order valence-electron chi connectivity index (χ1n) is 4.44. The van der Waals surface area contributed by atoms with Crippen LogP contribution in [-0.2, 0) is 11.2 Å². The van der Waals surface area contributed by atoms with Gasteiger partial charge in [-0.2, -0.15) is 0 Å². The predicted octanol–water partition coefficient (Wildman–Crippen LogP) is 1.65. The monoisotopic (exact) mass is 225 g/mol.